The third-order valence-corrected chi connectivity index (χ3v) is 3.50. The summed E-state index contributed by atoms with van der Waals surface area (Å²) >= 11 is 1.25. The Morgan fingerprint density at radius 2 is 2.14 bits per heavy atom. The van der Waals surface area contributed by atoms with Crippen molar-refractivity contribution in [2.45, 2.75) is 0 Å². The number of carbonyl (C=O) groups excluding carboxylic acids is 1. The van der Waals surface area contributed by atoms with Gasteiger partial charge in [-0.25, -0.2) is 10.1 Å². The molecular weight excluding hydrogens is 292 g/mol. The van der Waals surface area contributed by atoms with E-state index in [1.54, 1.807) is 7.11 Å². The van der Waals surface area contributed by atoms with Gasteiger partial charge in [-0.2, -0.15) is 0 Å². The third-order valence-electron chi connectivity index (χ3n) is 2.66. The van der Waals surface area contributed by atoms with Crippen LogP contribution in [0.5, 0.6) is 5.75 Å². The molecule has 1 amide bonds. The van der Waals surface area contributed by atoms with Crippen molar-refractivity contribution in [1.82, 2.24) is 25.6 Å². The van der Waals surface area contributed by atoms with Crippen molar-refractivity contribution >= 4 is 23.2 Å². The molecule has 2 heterocycles. The van der Waals surface area contributed by atoms with Crippen molar-refractivity contribution in [3.8, 4) is 17.0 Å². The molecule has 0 radical (unpaired) electrons. The molecule has 1 aromatic carbocycles. The molecule has 0 fully saturated rings. The minimum absolute atomic E-state index is 0.182. The Hall–Kier alpha value is -2.81. The first kappa shape index (κ1) is 13.2. The van der Waals surface area contributed by atoms with E-state index in [0.717, 1.165) is 17.0 Å². The number of hydrogen-bond acceptors (Lipinski definition) is 7. The Morgan fingerprint density at radius 3 is 2.81 bits per heavy atom. The maximum atomic E-state index is 12.0. The molecule has 0 saturated heterocycles. The quantitative estimate of drug-likeness (QED) is 0.758. The Labute approximate surface area is 123 Å². The monoisotopic (exact) mass is 302 g/mol. The van der Waals surface area contributed by atoms with Gasteiger partial charge in [-0.15, -0.1) is 11.3 Å². The lowest BCUT2D eigenvalue weighted by Crippen LogP contribution is -2.12. The summed E-state index contributed by atoms with van der Waals surface area (Å²) in [6.45, 7) is 0. The van der Waals surface area contributed by atoms with Crippen molar-refractivity contribution in [2.24, 2.45) is 0 Å². The van der Waals surface area contributed by atoms with Gasteiger partial charge in [0.05, 0.1) is 12.8 Å². The zero-order valence-corrected chi connectivity index (χ0v) is 11.7. The van der Waals surface area contributed by atoms with E-state index >= 15 is 0 Å². The third kappa shape index (κ3) is 2.87. The van der Waals surface area contributed by atoms with E-state index in [-0.39, 0.29) is 11.9 Å². The van der Waals surface area contributed by atoms with Gasteiger partial charge < -0.3 is 4.74 Å². The fraction of sp³-hybridized carbons (Fsp3) is 0.0833. The van der Waals surface area contributed by atoms with E-state index in [1.165, 1.54) is 11.3 Å². The summed E-state index contributed by atoms with van der Waals surface area (Å²) in [5.74, 6) is 0.587. The van der Waals surface area contributed by atoms with Crippen molar-refractivity contribution in [1.29, 1.82) is 0 Å². The molecule has 0 spiro atoms. The van der Waals surface area contributed by atoms with Gasteiger partial charge in [-0.1, -0.05) is 5.10 Å². The highest BCUT2D eigenvalue weighted by molar-refractivity contribution is 7.12. The number of thiazole rings is 1. The molecule has 0 aliphatic rings. The molecule has 0 saturated carbocycles. The van der Waals surface area contributed by atoms with Crippen molar-refractivity contribution in [3.63, 3.8) is 0 Å². The van der Waals surface area contributed by atoms with Crippen LogP contribution in [0.1, 0.15) is 9.80 Å². The Balaban J connectivity index is 1.77. The molecule has 0 aliphatic heterocycles. The summed E-state index contributed by atoms with van der Waals surface area (Å²) in [5, 5.41) is 17.4. The molecule has 0 unspecified atom stereocenters. The number of methoxy groups -OCH3 is 1. The van der Waals surface area contributed by atoms with Gasteiger partial charge in [-0.3, -0.25) is 10.1 Å². The smallest absolute Gasteiger partial charge is 0.287 e. The van der Waals surface area contributed by atoms with Crippen LogP contribution in [-0.4, -0.2) is 38.6 Å². The van der Waals surface area contributed by atoms with Gasteiger partial charge in [0.15, 0.2) is 5.01 Å². The van der Waals surface area contributed by atoms with E-state index in [1.807, 2.05) is 29.6 Å². The molecule has 21 heavy (non-hydrogen) atoms. The number of benzene rings is 1. The van der Waals surface area contributed by atoms with Crippen LogP contribution in [0.3, 0.4) is 0 Å². The lowest BCUT2D eigenvalue weighted by molar-refractivity contribution is 0.102. The summed E-state index contributed by atoms with van der Waals surface area (Å²) in [6, 6.07) is 7.45. The number of nitrogens with one attached hydrogen (secondary N) is 2. The fourth-order valence-electron chi connectivity index (χ4n) is 1.65. The van der Waals surface area contributed by atoms with Crippen molar-refractivity contribution in [3.05, 3.63) is 34.7 Å². The molecule has 2 aromatic heterocycles. The maximum Gasteiger partial charge on any atom is 0.287 e. The van der Waals surface area contributed by atoms with Crippen LogP contribution >= 0.6 is 11.3 Å². The van der Waals surface area contributed by atoms with Gasteiger partial charge in [0.2, 0.25) is 5.95 Å². The Morgan fingerprint density at radius 1 is 1.33 bits per heavy atom. The summed E-state index contributed by atoms with van der Waals surface area (Å²) in [5.41, 5.74) is 1.64. The predicted molar refractivity (Wildman–Crippen MR) is 76.2 cm³/mol. The number of tetrazole rings is 1. The second-order valence-corrected chi connectivity index (χ2v) is 4.83. The lowest BCUT2D eigenvalue weighted by Gasteiger charge is -2.00. The van der Waals surface area contributed by atoms with Crippen LogP contribution in [0.2, 0.25) is 0 Å². The zero-order chi connectivity index (χ0) is 14.7. The first-order valence-electron chi connectivity index (χ1n) is 5.91. The van der Waals surface area contributed by atoms with E-state index < -0.39 is 0 Å². The van der Waals surface area contributed by atoms with E-state index in [4.69, 9.17) is 4.74 Å². The number of anilines is 1. The Bertz CT molecular complexity index is 737. The minimum atomic E-state index is -0.363. The first-order valence-corrected chi connectivity index (χ1v) is 6.79. The molecule has 3 aromatic rings. The van der Waals surface area contributed by atoms with Crippen LogP contribution in [0, 0.1) is 0 Å². The van der Waals surface area contributed by atoms with E-state index in [0.29, 0.717) is 5.01 Å². The van der Waals surface area contributed by atoms with Crippen LogP contribution < -0.4 is 10.1 Å². The summed E-state index contributed by atoms with van der Waals surface area (Å²) in [7, 11) is 1.61. The average Bonchev–Trinajstić information content (AvgIpc) is 3.18. The van der Waals surface area contributed by atoms with Crippen LogP contribution in [0.4, 0.5) is 5.95 Å². The topological polar surface area (TPSA) is 106 Å². The predicted octanol–water partition coefficient (Wildman–Crippen LogP) is 1.58. The number of H-pyrrole nitrogens is 1. The molecule has 3 rings (SSSR count). The molecular formula is C12H10N6O2S. The summed E-state index contributed by atoms with van der Waals surface area (Å²) < 4.78 is 5.10. The molecule has 0 atom stereocenters. The van der Waals surface area contributed by atoms with E-state index in [9.17, 15) is 4.79 Å². The first-order chi connectivity index (χ1) is 10.3. The van der Waals surface area contributed by atoms with Crippen LogP contribution in [0.25, 0.3) is 11.3 Å². The maximum absolute atomic E-state index is 12.0. The summed E-state index contributed by atoms with van der Waals surface area (Å²) in [6.07, 6.45) is 0. The minimum Gasteiger partial charge on any atom is -0.497 e. The molecule has 0 aliphatic carbocycles. The lowest BCUT2D eigenvalue weighted by atomic mass is 10.2. The zero-order valence-electron chi connectivity index (χ0n) is 10.9. The number of nitrogens with zero attached hydrogens (tertiary/aromatic N) is 4. The fourth-order valence-corrected chi connectivity index (χ4v) is 2.37. The van der Waals surface area contributed by atoms with Crippen LogP contribution in [0.15, 0.2) is 29.6 Å². The Kier molecular flexibility index (Phi) is 3.56. The number of aromatic amines is 1. The number of amides is 1. The molecule has 2 N–H and O–H groups in total. The highest BCUT2D eigenvalue weighted by Gasteiger charge is 2.13. The van der Waals surface area contributed by atoms with Crippen molar-refractivity contribution < 1.29 is 9.53 Å². The molecule has 0 bridgehead atoms. The van der Waals surface area contributed by atoms with Gasteiger partial charge in [0.1, 0.15) is 5.75 Å². The number of aromatic nitrogens is 5. The highest BCUT2D eigenvalue weighted by Crippen LogP contribution is 2.24. The van der Waals surface area contributed by atoms with E-state index in [2.05, 4.69) is 30.9 Å². The standard InChI is InChI=1S/C12H10N6O2S/c1-20-8-4-2-7(3-5-8)9-6-21-11(13-9)10(19)14-12-15-17-18-16-12/h2-6H,1H3,(H2,14,15,16,17,18,19). The van der Waals surface area contributed by atoms with Crippen molar-refractivity contribution in [2.75, 3.05) is 12.4 Å². The molecule has 9 heteroatoms. The number of rotatable bonds is 4. The van der Waals surface area contributed by atoms with Gasteiger partial charge in [0, 0.05) is 10.9 Å². The number of hydrogen-bond donors (Lipinski definition) is 2. The number of carbonyl (C=O) groups is 1. The summed E-state index contributed by atoms with van der Waals surface area (Å²) in [4.78, 5) is 16.3. The molecule has 8 nitrogen and oxygen atoms in total. The van der Waals surface area contributed by atoms with Crippen LogP contribution in [-0.2, 0) is 0 Å². The number of ether oxygens (including phenoxy) is 1. The average molecular weight is 302 g/mol. The molecule has 106 valence electrons. The second kappa shape index (κ2) is 5.67. The largest absolute Gasteiger partial charge is 0.497 e. The normalized spacial score (nSPS) is 10.3. The SMILES string of the molecule is COc1ccc(-c2csc(C(=O)Nc3nnn[nH]3)n2)cc1. The van der Waals surface area contributed by atoms with Gasteiger partial charge in [-0.05, 0) is 34.7 Å². The van der Waals surface area contributed by atoms with Gasteiger partial charge >= 0.3 is 0 Å². The van der Waals surface area contributed by atoms with Gasteiger partial charge in [0.25, 0.3) is 5.91 Å². The second-order valence-electron chi connectivity index (χ2n) is 3.97. The highest BCUT2D eigenvalue weighted by atomic mass is 32.1.